The number of carbonyl (C=O) groups is 2. The first-order chi connectivity index (χ1) is 13.5. The van der Waals surface area contributed by atoms with Crippen LogP contribution in [0.15, 0.2) is 47.1 Å². The van der Waals surface area contributed by atoms with Crippen molar-refractivity contribution in [2.75, 3.05) is 6.61 Å². The molecule has 1 aromatic heterocycles. The van der Waals surface area contributed by atoms with Crippen molar-refractivity contribution in [2.45, 2.75) is 20.3 Å². The smallest absolute Gasteiger partial charge is 0.276 e. The lowest BCUT2D eigenvalue weighted by molar-refractivity contribution is -0.129. The van der Waals surface area contributed by atoms with Gasteiger partial charge in [0.15, 0.2) is 6.61 Å². The van der Waals surface area contributed by atoms with E-state index in [0.717, 1.165) is 27.7 Å². The fourth-order valence-corrected chi connectivity index (χ4v) is 2.69. The van der Waals surface area contributed by atoms with Crippen LogP contribution in [0.3, 0.4) is 0 Å². The standard InChI is InChI=1S/C21H19N3O4/c1-13-3-8-18-16(11-28-21(18)14(13)2)9-19(25)23-24-20(26)12-27-17-6-4-15(10-22)5-7-17/h3-8,11H,9,12H2,1-2H3,(H,23,25)(H,24,26). The van der Waals surface area contributed by atoms with Gasteiger partial charge in [0.25, 0.3) is 5.91 Å². The van der Waals surface area contributed by atoms with E-state index in [0.29, 0.717) is 11.3 Å². The highest BCUT2D eigenvalue weighted by atomic mass is 16.5. The van der Waals surface area contributed by atoms with Crippen LogP contribution < -0.4 is 15.6 Å². The second-order valence-corrected chi connectivity index (χ2v) is 6.34. The number of nitrogens with zero attached hydrogens (tertiary/aromatic N) is 1. The molecule has 0 saturated carbocycles. The molecule has 3 aromatic rings. The molecule has 2 amide bonds. The Hall–Kier alpha value is -3.79. The van der Waals surface area contributed by atoms with Crippen molar-refractivity contribution in [3.63, 3.8) is 0 Å². The number of amides is 2. The molecule has 0 fully saturated rings. The first-order valence-electron chi connectivity index (χ1n) is 8.65. The van der Waals surface area contributed by atoms with Crippen LogP contribution in [0.4, 0.5) is 0 Å². The molecular formula is C21H19N3O4. The number of hydrogen-bond acceptors (Lipinski definition) is 5. The van der Waals surface area contributed by atoms with E-state index in [9.17, 15) is 9.59 Å². The van der Waals surface area contributed by atoms with E-state index in [4.69, 9.17) is 14.4 Å². The Morgan fingerprint density at radius 1 is 1.07 bits per heavy atom. The van der Waals surface area contributed by atoms with E-state index in [1.54, 1.807) is 30.5 Å². The third-order valence-electron chi connectivity index (χ3n) is 4.39. The van der Waals surface area contributed by atoms with Crippen molar-refractivity contribution < 1.29 is 18.7 Å². The third kappa shape index (κ3) is 4.30. The fourth-order valence-electron chi connectivity index (χ4n) is 2.69. The number of hydrazine groups is 1. The Labute approximate surface area is 161 Å². The van der Waals surface area contributed by atoms with Gasteiger partial charge in [-0.25, -0.2) is 0 Å². The molecule has 7 heteroatoms. The molecule has 0 bridgehead atoms. The summed E-state index contributed by atoms with van der Waals surface area (Å²) in [5, 5.41) is 9.63. The van der Waals surface area contributed by atoms with Gasteiger partial charge in [-0.15, -0.1) is 0 Å². The summed E-state index contributed by atoms with van der Waals surface area (Å²) in [5.74, 6) is -0.412. The average Bonchev–Trinajstić information content (AvgIpc) is 3.11. The van der Waals surface area contributed by atoms with Crippen LogP contribution in [0, 0.1) is 25.2 Å². The predicted molar refractivity (Wildman–Crippen MR) is 102 cm³/mol. The first kappa shape index (κ1) is 19.0. The van der Waals surface area contributed by atoms with Crippen molar-refractivity contribution in [3.05, 3.63) is 64.9 Å². The average molecular weight is 377 g/mol. The van der Waals surface area contributed by atoms with Crippen molar-refractivity contribution in [3.8, 4) is 11.8 Å². The second kappa shape index (κ2) is 8.27. The van der Waals surface area contributed by atoms with E-state index in [1.807, 2.05) is 32.0 Å². The van der Waals surface area contributed by atoms with E-state index in [2.05, 4.69) is 10.9 Å². The number of carbonyl (C=O) groups excluding carboxylic acids is 2. The number of nitrogens with one attached hydrogen (secondary N) is 2. The summed E-state index contributed by atoms with van der Waals surface area (Å²) in [6.45, 7) is 3.71. The van der Waals surface area contributed by atoms with Crippen molar-refractivity contribution in [2.24, 2.45) is 0 Å². The van der Waals surface area contributed by atoms with Crippen LogP contribution in [0.25, 0.3) is 11.0 Å². The van der Waals surface area contributed by atoms with Gasteiger partial charge in [0, 0.05) is 10.9 Å². The summed E-state index contributed by atoms with van der Waals surface area (Å²) < 4.78 is 10.9. The lowest BCUT2D eigenvalue weighted by Crippen LogP contribution is -2.44. The Bertz CT molecular complexity index is 1060. The number of nitriles is 1. The maximum absolute atomic E-state index is 12.1. The Balaban J connectivity index is 1.49. The summed E-state index contributed by atoms with van der Waals surface area (Å²) >= 11 is 0. The molecule has 0 radical (unpaired) electrons. The molecular weight excluding hydrogens is 358 g/mol. The zero-order valence-corrected chi connectivity index (χ0v) is 15.5. The van der Waals surface area contributed by atoms with E-state index < -0.39 is 5.91 Å². The normalized spacial score (nSPS) is 10.3. The van der Waals surface area contributed by atoms with Crippen molar-refractivity contribution in [1.82, 2.24) is 10.9 Å². The molecule has 0 aliphatic heterocycles. The monoisotopic (exact) mass is 377 g/mol. The highest BCUT2D eigenvalue weighted by Gasteiger charge is 2.13. The Kier molecular flexibility index (Phi) is 5.61. The van der Waals surface area contributed by atoms with Gasteiger partial charge in [-0.1, -0.05) is 12.1 Å². The van der Waals surface area contributed by atoms with Crippen LogP contribution in [-0.4, -0.2) is 18.4 Å². The van der Waals surface area contributed by atoms with Crippen molar-refractivity contribution in [1.29, 1.82) is 5.26 Å². The molecule has 3 rings (SSSR count). The number of ether oxygens (including phenoxy) is 1. The third-order valence-corrected chi connectivity index (χ3v) is 4.39. The minimum Gasteiger partial charge on any atom is -0.484 e. The van der Waals surface area contributed by atoms with Gasteiger partial charge in [0.05, 0.1) is 24.3 Å². The SMILES string of the molecule is Cc1ccc2c(CC(=O)NNC(=O)COc3ccc(C#N)cc3)coc2c1C. The summed E-state index contributed by atoms with van der Waals surface area (Å²) in [7, 11) is 0. The molecule has 0 unspecified atom stereocenters. The quantitative estimate of drug-likeness (QED) is 0.665. The number of furan rings is 1. The first-order valence-corrected chi connectivity index (χ1v) is 8.65. The lowest BCUT2D eigenvalue weighted by atomic mass is 10.0. The molecule has 0 aliphatic carbocycles. The minimum absolute atomic E-state index is 0.0757. The predicted octanol–water partition coefficient (Wildman–Crippen LogP) is 2.69. The molecule has 28 heavy (non-hydrogen) atoms. The Morgan fingerprint density at radius 3 is 2.50 bits per heavy atom. The van der Waals surface area contributed by atoms with Gasteiger partial charge in [-0.05, 0) is 49.2 Å². The van der Waals surface area contributed by atoms with Gasteiger partial charge in [0.2, 0.25) is 5.91 Å². The molecule has 0 aliphatic rings. The van der Waals surface area contributed by atoms with E-state index in [1.165, 1.54) is 0 Å². The summed E-state index contributed by atoms with van der Waals surface area (Å²) in [5.41, 5.74) is 8.85. The molecule has 142 valence electrons. The zero-order chi connectivity index (χ0) is 20.1. The fraction of sp³-hybridized carbons (Fsp3) is 0.190. The summed E-state index contributed by atoms with van der Waals surface area (Å²) in [6.07, 6.45) is 1.64. The van der Waals surface area contributed by atoms with Gasteiger partial charge in [-0.3, -0.25) is 20.4 Å². The van der Waals surface area contributed by atoms with Crippen LogP contribution in [-0.2, 0) is 16.0 Å². The Morgan fingerprint density at radius 2 is 1.79 bits per heavy atom. The van der Waals surface area contributed by atoms with Gasteiger partial charge in [0.1, 0.15) is 11.3 Å². The lowest BCUT2D eigenvalue weighted by Gasteiger charge is -2.08. The maximum Gasteiger partial charge on any atom is 0.276 e. The topological polar surface area (TPSA) is 104 Å². The van der Waals surface area contributed by atoms with Crippen LogP contribution in [0.2, 0.25) is 0 Å². The largest absolute Gasteiger partial charge is 0.484 e. The molecule has 2 N–H and O–H groups in total. The maximum atomic E-state index is 12.1. The number of hydrogen-bond donors (Lipinski definition) is 2. The second-order valence-electron chi connectivity index (χ2n) is 6.34. The molecule has 0 spiro atoms. The highest BCUT2D eigenvalue weighted by Crippen LogP contribution is 2.26. The minimum atomic E-state index is -0.499. The zero-order valence-electron chi connectivity index (χ0n) is 15.5. The molecule has 2 aromatic carbocycles. The van der Waals surface area contributed by atoms with Gasteiger partial charge >= 0.3 is 0 Å². The molecule has 0 atom stereocenters. The van der Waals surface area contributed by atoms with E-state index in [-0.39, 0.29) is 18.9 Å². The van der Waals surface area contributed by atoms with Gasteiger partial charge in [-0.2, -0.15) is 5.26 Å². The molecule has 1 heterocycles. The number of aryl methyl sites for hydroxylation is 2. The number of rotatable bonds is 5. The molecule has 7 nitrogen and oxygen atoms in total. The van der Waals surface area contributed by atoms with Crippen molar-refractivity contribution >= 4 is 22.8 Å². The van der Waals surface area contributed by atoms with Crippen LogP contribution >= 0.6 is 0 Å². The molecule has 0 saturated heterocycles. The van der Waals surface area contributed by atoms with Crippen LogP contribution in [0.5, 0.6) is 5.75 Å². The highest BCUT2D eigenvalue weighted by molar-refractivity contribution is 5.90. The number of fused-ring (bicyclic) bond motifs is 1. The summed E-state index contributed by atoms with van der Waals surface area (Å²) in [6, 6.07) is 12.3. The number of benzene rings is 2. The van der Waals surface area contributed by atoms with E-state index >= 15 is 0 Å². The van der Waals surface area contributed by atoms with Crippen LogP contribution in [0.1, 0.15) is 22.3 Å². The summed E-state index contributed by atoms with van der Waals surface area (Å²) in [4.78, 5) is 23.9. The van der Waals surface area contributed by atoms with Gasteiger partial charge < -0.3 is 9.15 Å².